The minimum absolute atomic E-state index is 0.0637. The van der Waals surface area contributed by atoms with E-state index in [0.717, 1.165) is 21.2 Å². The molecule has 0 saturated carbocycles. The first-order valence-electron chi connectivity index (χ1n) is 9.24. The first-order chi connectivity index (χ1) is 13.7. The molecule has 0 atom stereocenters. The molecule has 0 radical (unpaired) electrons. The van der Waals surface area contributed by atoms with Crippen LogP contribution in [0.4, 0.5) is 4.39 Å². The van der Waals surface area contributed by atoms with Gasteiger partial charge in [-0.2, -0.15) is 5.10 Å². The van der Waals surface area contributed by atoms with Crippen LogP contribution in [0, 0.1) is 5.82 Å². The molecule has 7 heteroatoms. The molecule has 0 fully saturated rings. The molecule has 3 aromatic rings. The minimum Gasteiger partial charge on any atom is -0.359 e. The highest BCUT2D eigenvalue weighted by molar-refractivity contribution is 9.10. The van der Waals surface area contributed by atoms with Crippen LogP contribution in [0.1, 0.15) is 37.5 Å². The molecule has 0 amide bonds. The van der Waals surface area contributed by atoms with Crippen molar-refractivity contribution in [1.29, 1.82) is 0 Å². The van der Waals surface area contributed by atoms with Crippen molar-refractivity contribution in [2.75, 3.05) is 13.9 Å². The highest BCUT2D eigenvalue weighted by Gasteiger charge is 2.18. The van der Waals surface area contributed by atoms with E-state index in [1.54, 1.807) is 13.3 Å². The molecule has 0 unspecified atom stereocenters. The van der Waals surface area contributed by atoms with Crippen molar-refractivity contribution in [2.45, 2.75) is 39.3 Å². The Morgan fingerprint density at radius 3 is 2.66 bits per heavy atom. The third-order valence-corrected chi connectivity index (χ3v) is 5.45. The maximum absolute atomic E-state index is 14.8. The summed E-state index contributed by atoms with van der Waals surface area (Å²) in [6.07, 6.45) is 1.55. The van der Waals surface area contributed by atoms with Gasteiger partial charge >= 0.3 is 0 Å². The van der Waals surface area contributed by atoms with E-state index >= 15 is 0 Å². The number of benzene rings is 2. The van der Waals surface area contributed by atoms with Crippen molar-refractivity contribution in [3.05, 3.63) is 73.9 Å². The predicted octanol–water partition coefficient (Wildman–Crippen LogP) is 4.76. The first-order valence-corrected chi connectivity index (χ1v) is 10.0. The van der Waals surface area contributed by atoms with Gasteiger partial charge in [-0.15, -0.1) is 0 Å². The van der Waals surface area contributed by atoms with Crippen molar-refractivity contribution >= 4 is 26.7 Å². The average Bonchev–Trinajstić information content (AvgIpc) is 2.65. The highest BCUT2D eigenvalue weighted by atomic mass is 79.9. The van der Waals surface area contributed by atoms with Crippen molar-refractivity contribution in [2.24, 2.45) is 0 Å². The average molecular weight is 463 g/mol. The maximum atomic E-state index is 14.8. The maximum Gasteiger partial charge on any atom is 0.277 e. The number of hydrogen-bond donors (Lipinski definition) is 0. The lowest BCUT2D eigenvalue weighted by Crippen LogP contribution is -2.24. The highest BCUT2D eigenvalue weighted by Crippen LogP contribution is 2.27. The SMILES string of the molecule is COCOCc1cc(Cn2ncc3cc(C(C)(C)C)cc(F)c3c2=O)ccc1Br. The van der Waals surface area contributed by atoms with Gasteiger partial charge in [0.05, 0.1) is 24.7 Å². The Morgan fingerprint density at radius 2 is 1.97 bits per heavy atom. The standard InChI is InChI=1S/C22H24BrFN2O3/c1-22(2,3)17-8-15-10-25-26(21(27)20(15)19(24)9-17)11-14-5-6-18(23)16(7-14)12-29-13-28-4/h5-10H,11-13H2,1-4H3. The van der Waals surface area contributed by atoms with E-state index in [9.17, 15) is 9.18 Å². The van der Waals surface area contributed by atoms with E-state index < -0.39 is 11.4 Å². The van der Waals surface area contributed by atoms with Crippen molar-refractivity contribution in [3.63, 3.8) is 0 Å². The molecule has 0 aliphatic rings. The molecule has 2 aromatic carbocycles. The summed E-state index contributed by atoms with van der Waals surface area (Å²) < 4.78 is 27.3. The Balaban J connectivity index is 1.95. The molecule has 154 valence electrons. The molecule has 29 heavy (non-hydrogen) atoms. The Hall–Kier alpha value is -2.09. The zero-order valence-corrected chi connectivity index (χ0v) is 18.5. The van der Waals surface area contributed by atoms with Gasteiger partial charge in [0.25, 0.3) is 5.56 Å². The number of fused-ring (bicyclic) bond motifs is 1. The smallest absolute Gasteiger partial charge is 0.277 e. The molecule has 0 aliphatic carbocycles. The van der Waals surface area contributed by atoms with Crippen LogP contribution in [-0.4, -0.2) is 23.7 Å². The Kier molecular flexibility index (Phi) is 6.51. The molecule has 3 rings (SSSR count). The summed E-state index contributed by atoms with van der Waals surface area (Å²) in [6.45, 7) is 6.81. The van der Waals surface area contributed by atoms with E-state index in [4.69, 9.17) is 9.47 Å². The van der Waals surface area contributed by atoms with Crippen molar-refractivity contribution in [3.8, 4) is 0 Å². The number of methoxy groups -OCH3 is 1. The van der Waals surface area contributed by atoms with Crippen LogP contribution in [-0.2, 0) is 28.0 Å². The third-order valence-electron chi connectivity index (χ3n) is 4.67. The van der Waals surface area contributed by atoms with E-state index in [0.29, 0.717) is 12.0 Å². The van der Waals surface area contributed by atoms with Gasteiger partial charge in [0.1, 0.15) is 12.6 Å². The van der Waals surface area contributed by atoms with Gasteiger partial charge in [0.15, 0.2) is 0 Å². The summed E-state index contributed by atoms with van der Waals surface area (Å²) in [5, 5.41) is 4.85. The quantitative estimate of drug-likeness (QED) is 0.391. The summed E-state index contributed by atoms with van der Waals surface area (Å²) >= 11 is 3.49. The van der Waals surface area contributed by atoms with Gasteiger partial charge in [0.2, 0.25) is 0 Å². The number of halogens is 2. The van der Waals surface area contributed by atoms with Gasteiger partial charge < -0.3 is 9.47 Å². The third kappa shape index (κ3) is 4.91. The molecule has 1 heterocycles. The second-order valence-corrected chi connectivity index (χ2v) is 8.81. The summed E-state index contributed by atoms with van der Waals surface area (Å²) in [7, 11) is 1.56. The zero-order valence-electron chi connectivity index (χ0n) is 17.0. The number of ether oxygens (including phenoxy) is 2. The number of nitrogens with zero attached hydrogens (tertiary/aromatic N) is 2. The molecule has 0 aliphatic heterocycles. The summed E-state index contributed by atoms with van der Waals surface area (Å²) in [6, 6.07) is 8.99. The second kappa shape index (κ2) is 8.73. The molecule has 0 bridgehead atoms. The second-order valence-electron chi connectivity index (χ2n) is 7.96. The first kappa shape index (κ1) is 21.6. The normalized spacial score (nSPS) is 11.9. The van der Waals surface area contributed by atoms with Gasteiger partial charge in [-0.1, -0.05) is 48.8 Å². The topological polar surface area (TPSA) is 53.4 Å². The van der Waals surface area contributed by atoms with E-state index in [-0.39, 0.29) is 24.1 Å². The fraction of sp³-hybridized carbons (Fsp3) is 0.364. The molecule has 0 N–H and O–H groups in total. The van der Waals surface area contributed by atoms with Crippen LogP contribution >= 0.6 is 15.9 Å². The van der Waals surface area contributed by atoms with E-state index in [2.05, 4.69) is 21.0 Å². The lowest BCUT2D eigenvalue weighted by molar-refractivity contribution is -0.0392. The van der Waals surface area contributed by atoms with Crippen LogP contribution in [0.5, 0.6) is 0 Å². The molecule has 0 saturated heterocycles. The summed E-state index contributed by atoms with van der Waals surface area (Å²) in [5.74, 6) is -0.516. The number of aromatic nitrogens is 2. The summed E-state index contributed by atoms with van der Waals surface area (Å²) in [4.78, 5) is 12.9. The van der Waals surface area contributed by atoms with Crippen LogP contribution in [0.15, 0.2) is 45.8 Å². The zero-order chi connectivity index (χ0) is 21.2. The molecular formula is C22H24BrFN2O3. The molecule has 5 nitrogen and oxygen atoms in total. The largest absolute Gasteiger partial charge is 0.359 e. The van der Waals surface area contributed by atoms with E-state index in [1.807, 2.05) is 45.0 Å². The molecule has 1 aromatic heterocycles. The number of hydrogen-bond acceptors (Lipinski definition) is 4. The Labute approximate surface area is 177 Å². The van der Waals surface area contributed by atoms with Gasteiger partial charge in [-0.05, 0) is 40.3 Å². The van der Waals surface area contributed by atoms with Crippen molar-refractivity contribution in [1.82, 2.24) is 9.78 Å². The Morgan fingerprint density at radius 1 is 1.21 bits per heavy atom. The van der Waals surface area contributed by atoms with Gasteiger partial charge in [0, 0.05) is 17.0 Å². The Bertz CT molecular complexity index is 1090. The fourth-order valence-corrected chi connectivity index (χ4v) is 3.42. The molecular weight excluding hydrogens is 439 g/mol. The lowest BCUT2D eigenvalue weighted by atomic mass is 9.86. The monoisotopic (exact) mass is 462 g/mol. The lowest BCUT2D eigenvalue weighted by Gasteiger charge is -2.20. The van der Waals surface area contributed by atoms with Crippen LogP contribution < -0.4 is 5.56 Å². The summed E-state index contributed by atoms with van der Waals surface area (Å²) in [5.41, 5.74) is 1.96. The van der Waals surface area contributed by atoms with Crippen LogP contribution in [0.2, 0.25) is 0 Å². The molecule has 0 spiro atoms. The number of rotatable bonds is 6. The van der Waals surface area contributed by atoms with E-state index in [1.165, 1.54) is 10.7 Å². The van der Waals surface area contributed by atoms with Crippen LogP contribution in [0.3, 0.4) is 0 Å². The van der Waals surface area contributed by atoms with Gasteiger partial charge in [-0.3, -0.25) is 4.79 Å². The van der Waals surface area contributed by atoms with Crippen molar-refractivity contribution < 1.29 is 13.9 Å². The predicted molar refractivity (Wildman–Crippen MR) is 115 cm³/mol. The van der Waals surface area contributed by atoms with Crippen LogP contribution in [0.25, 0.3) is 10.8 Å². The van der Waals surface area contributed by atoms with Gasteiger partial charge in [-0.25, -0.2) is 9.07 Å². The minimum atomic E-state index is -0.516. The fourth-order valence-electron chi connectivity index (χ4n) is 3.06.